The zero-order chi connectivity index (χ0) is 13.9. The van der Waals surface area contributed by atoms with Crippen molar-refractivity contribution in [2.45, 2.75) is 25.8 Å². The van der Waals surface area contributed by atoms with E-state index in [4.69, 9.17) is 4.42 Å². The van der Waals surface area contributed by atoms with Crippen molar-refractivity contribution < 1.29 is 9.21 Å². The van der Waals surface area contributed by atoms with Crippen LogP contribution in [0.3, 0.4) is 0 Å². The van der Waals surface area contributed by atoms with Crippen molar-refractivity contribution in [3.05, 3.63) is 36.5 Å². The van der Waals surface area contributed by atoms with Crippen molar-refractivity contribution in [2.75, 3.05) is 5.32 Å². The predicted octanol–water partition coefficient (Wildman–Crippen LogP) is 3.26. The Labute approximate surface area is 117 Å². The minimum Gasteiger partial charge on any atom is -0.423 e. The standard InChI is InChI=1S/C15H17N3O2/c1-10(11-7-8-11)17-14(19)18-15-16-9-13(20-15)12-5-3-2-4-6-12/h2-6,9-11H,7-8H2,1H3,(H2,16,17,18,19)/t10-/m0/s1. The lowest BCUT2D eigenvalue weighted by Crippen LogP contribution is -2.37. The molecule has 0 unspecified atom stereocenters. The fraction of sp³-hybridized carbons (Fsp3) is 0.333. The van der Waals surface area contributed by atoms with Gasteiger partial charge in [0.25, 0.3) is 0 Å². The van der Waals surface area contributed by atoms with Crippen LogP contribution in [0, 0.1) is 5.92 Å². The molecule has 0 aliphatic heterocycles. The van der Waals surface area contributed by atoms with E-state index in [0.717, 1.165) is 5.56 Å². The summed E-state index contributed by atoms with van der Waals surface area (Å²) in [6.45, 7) is 2.02. The smallest absolute Gasteiger partial charge is 0.323 e. The summed E-state index contributed by atoms with van der Waals surface area (Å²) in [5.74, 6) is 1.25. The lowest BCUT2D eigenvalue weighted by atomic mass is 10.2. The number of urea groups is 1. The van der Waals surface area contributed by atoms with Crippen molar-refractivity contribution >= 4 is 12.0 Å². The minimum absolute atomic E-state index is 0.193. The minimum atomic E-state index is -0.272. The number of nitrogens with one attached hydrogen (secondary N) is 2. The average molecular weight is 271 g/mol. The van der Waals surface area contributed by atoms with E-state index in [1.165, 1.54) is 12.8 Å². The first-order valence-corrected chi connectivity index (χ1v) is 6.81. The van der Waals surface area contributed by atoms with Gasteiger partial charge in [0.15, 0.2) is 5.76 Å². The molecule has 1 aliphatic carbocycles. The van der Waals surface area contributed by atoms with Crippen LogP contribution in [0.4, 0.5) is 10.8 Å². The van der Waals surface area contributed by atoms with Crippen molar-refractivity contribution in [3.8, 4) is 11.3 Å². The van der Waals surface area contributed by atoms with Gasteiger partial charge in [0.1, 0.15) is 0 Å². The van der Waals surface area contributed by atoms with Gasteiger partial charge in [0.05, 0.1) is 6.20 Å². The zero-order valence-corrected chi connectivity index (χ0v) is 11.3. The van der Waals surface area contributed by atoms with Gasteiger partial charge < -0.3 is 9.73 Å². The highest BCUT2D eigenvalue weighted by Crippen LogP contribution is 2.32. The topological polar surface area (TPSA) is 67.2 Å². The largest absolute Gasteiger partial charge is 0.423 e. The summed E-state index contributed by atoms with van der Waals surface area (Å²) in [5.41, 5.74) is 0.930. The Morgan fingerprint density at radius 1 is 1.35 bits per heavy atom. The van der Waals surface area contributed by atoms with E-state index in [1.54, 1.807) is 6.20 Å². The highest BCUT2D eigenvalue weighted by Gasteiger charge is 2.29. The first kappa shape index (κ1) is 12.7. The van der Waals surface area contributed by atoms with E-state index in [2.05, 4.69) is 15.6 Å². The van der Waals surface area contributed by atoms with Gasteiger partial charge in [-0.1, -0.05) is 30.3 Å². The van der Waals surface area contributed by atoms with Crippen LogP contribution in [0.5, 0.6) is 0 Å². The van der Waals surface area contributed by atoms with Crippen LogP contribution in [0.2, 0.25) is 0 Å². The Kier molecular flexibility index (Phi) is 3.41. The van der Waals surface area contributed by atoms with Gasteiger partial charge in [-0.2, -0.15) is 0 Å². The average Bonchev–Trinajstić information content (AvgIpc) is 3.21. The second-order valence-electron chi connectivity index (χ2n) is 5.12. The van der Waals surface area contributed by atoms with Gasteiger partial charge in [0.2, 0.25) is 0 Å². The van der Waals surface area contributed by atoms with E-state index < -0.39 is 0 Å². The summed E-state index contributed by atoms with van der Waals surface area (Å²) < 4.78 is 5.51. The number of benzene rings is 1. The fourth-order valence-electron chi connectivity index (χ4n) is 2.12. The third-order valence-electron chi connectivity index (χ3n) is 3.47. The first-order valence-electron chi connectivity index (χ1n) is 6.81. The summed E-state index contributed by atoms with van der Waals surface area (Å²) in [6.07, 6.45) is 3.99. The summed E-state index contributed by atoms with van der Waals surface area (Å²) >= 11 is 0. The molecule has 0 bridgehead atoms. The van der Waals surface area contributed by atoms with Gasteiger partial charge in [-0.15, -0.1) is 0 Å². The van der Waals surface area contributed by atoms with Gasteiger partial charge in [-0.3, -0.25) is 5.32 Å². The summed E-state index contributed by atoms with van der Waals surface area (Å²) in [6, 6.07) is 9.78. The van der Waals surface area contributed by atoms with Crippen LogP contribution in [0.25, 0.3) is 11.3 Å². The maximum Gasteiger partial charge on any atom is 0.323 e. The quantitative estimate of drug-likeness (QED) is 0.896. The number of hydrogen-bond acceptors (Lipinski definition) is 3. The molecule has 0 spiro atoms. The van der Waals surface area contributed by atoms with E-state index in [-0.39, 0.29) is 18.1 Å². The van der Waals surface area contributed by atoms with Crippen molar-refractivity contribution in [1.29, 1.82) is 0 Å². The maximum atomic E-state index is 11.8. The third kappa shape index (κ3) is 2.99. The normalized spacial score (nSPS) is 15.7. The van der Waals surface area contributed by atoms with Crippen molar-refractivity contribution in [3.63, 3.8) is 0 Å². The predicted molar refractivity (Wildman–Crippen MR) is 76.3 cm³/mol. The van der Waals surface area contributed by atoms with E-state index in [9.17, 15) is 4.79 Å². The number of carbonyl (C=O) groups is 1. The van der Waals surface area contributed by atoms with E-state index in [0.29, 0.717) is 11.7 Å². The highest BCUT2D eigenvalue weighted by molar-refractivity contribution is 5.87. The second kappa shape index (κ2) is 5.36. The second-order valence-corrected chi connectivity index (χ2v) is 5.12. The lowest BCUT2D eigenvalue weighted by Gasteiger charge is -2.11. The number of aromatic nitrogens is 1. The first-order chi connectivity index (χ1) is 9.72. The number of oxazole rings is 1. The van der Waals surface area contributed by atoms with Crippen molar-refractivity contribution in [1.82, 2.24) is 10.3 Å². The number of anilines is 1. The fourth-order valence-corrected chi connectivity index (χ4v) is 2.12. The molecule has 2 N–H and O–H groups in total. The summed E-state index contributed by atoms with van der Waals surface area (Å²) in [7, 11) is 0. The molecule has 20 heavy (non-hydrogen) atoms. The molecule has 2 amide bonds. The van der Waals surface area contributed by atoms with Gasteiger partial charge in [0, 0.05) is 11.6 Å². The number of rotatable bonds is 4. The highest BCUT2D eigenvalue weighted by atomic mass is 16.4. The molecule has 1 heterocycles. The zero-order valence-electron chi connectivity index (χ0n) is 11.3. The monoisotopic (exact) mass is 271 g/mol. The molecule has 1 aromatic carbocycles. The van der Waals surface area contributed by atoms with E-state index in [1.807, 2.05) is 37.3 Å². The summed E-state index contributed by atoms with van der Waals surface area (Å²) in [4.78, 5) is 15.8. The van der Waals surface area contributed by atoms with Crippen LogP contribution >= 0.6 is 0 Å². The molecule has 1 atom stereocenters. The molecule has 1 fully saturated rings. The van der Waals surface area contributed by atoms with E-state index >= 15 is 0 Å². The summed E-state index contributed by atoms with van der Waals surface area (Å²) in [5, 5.41) is 5.51. The third-order valence-corrected chi connectivity index (χ3v) is 3.47. The molecule has 1 aliphatic rings. The number of carbonyl (C=O) groups excluding carboxylic acids is 1. The molecule has 3 rings (SSSR count). The SMILES string of the molecule is C[C@H](NC(=O)Nc1ncc(-c2ccccc2)o1)C1CC1. The number of amides is 2. The van der Waals surface area contributed by atoms with Crippen LogP contribution in [0.15, 0.2) is 40.9 Å². The Morgan fingerprint density at radius 3 is 2.80 bits per heavy atom. The number of hydrogen-bond donors (Lipinski definition) is 2. The molecule has 1 saturated carbocycles. The lowest BCUT2D eigenvalue weighted by molar-refractivity contribution is 0.247. The van der Waals surface area contributed by atoms with Crippen molar-refractivity contribution in [2.24, 2.45) is 5.92 Å². The Bertz CT molecular complexity index is 590. The molecule has 5 heteroatoms. The van der Waals surface area contributed by atoms with Crippen LogP contribution in [-0.2, 0) is 0 Å². The molecule has 1 aromatic heterocycles. The van der Waals surface area contributed by atoms with Crippen LogP contribution in [0.1, 0.15) is 19.8 Å². The van der Waals surface area contributed by atoms with Crippen LogP contribution < -0.4 is 10.6 Å². The Morgan fingerprint density at radius 2 is 2.10 bits per heavy atom. The van der Waals surface area contributed by atoms with Gasteiger partial charge in [-0.25, -0.2) is 9.78 Å². The molecule has 5 nitrogen and oxygen atoms in total. The van der Waals surface area contributed by atoms with Crippen LogP contribution in [-0.4, -0.2) is 17.1 Å². The molecular weight excluding hydrogens is 254 g/mol. The van der Waals surface area contributed by atoms with Gasteiger partial charge in [-0.05, 0) is 25.7 Å². The van der Waals surface area contributed by atoms with Gasteiger partial charge >= 0.3 is 12.0 Å². The molecule has 0 saturated heterocycles. The number of nitrogens with zero attached hydrogens (tertiary/aromatic N) is 1. The maximum absolute atomic E-state index is 11.8. The molecule has 104 valence electrons. The molecular formula is C15H17N3O2. The Balaban J connectivity index is 1.61. The molecule has 2 aromatic rings. The molecule has 0 radical (unpaired) electrons. The Hall–Kier alpha value is -2.30.